The van der Waals surface area contributed by atoms with Crippen molar-refractivity contribution in [2.45, 2.75) is 58.7 Å². The maximum atomic E-state index is 13.0. The molecule has 0 aliphatic carbocycles. The minimum absolute atomic E-state index is 0.0260. The van der Waals surface area contributed by atoms with E-state index in [0.717, 1.165) is 12.0 Å². The van der Waals surface area contributed by atoms with Crippen LogP contribution >= 0.6 is 0 Å². The molecule has 0 saturated heterocycles. The highest BCUT2D eigenvalue weighted by Gasteiger charge is 2.25. The molecule has 3 rings (SSSR count). The average molecular weight is 426 g/mol. The van der Waals surface area contributed by atoms with Gasteiger partial charge in [-0.05, 0) is 52.2 Å². The van der Waals surface area contributed by atoms with Crippen LogP contribution in [0, 0.1) is 0 Å². The van der Waals surface area contributed by atoms with E-state index in [9.17, 15) is 14.4 Å². The van der Waals surface area contributed by atoms with Gasteiger partial charge in [-0.2, -0.15) is 0 Å². The van der Waals surface area contributed by atoms with E-state index >= 15 is 0 Å². The summed E-state index contributed by atoms with van der Waals surface area (Å²) < 4.78 is 7.55. The van der Waals surface area contributed by atoms with Gasteiger partial charge >= 0.3 is 0 Å². The fraction of sp³-hybridized carbons (Fsp3) is 0.458. The number of carbonyl (C=O) groups is 2. The van der Waals surface area contributed by atoms with Crippen molar-refractivity contribution in [2.24, 2.45) is 0 Å². The summed E-state index contributed by atoms with van der Waals surface area (Å²) in [5, 5.41) is 5.62. The quantitative estimate of drug-likeness (QED) is 0.771. The van der Waals surface area contributed by atoms with E-state index in [2.05, 4.69) is 16.7 Å². The van der Waals surface area contributed by atoms with Crippen molar-refractivity contribution in [3.05, 3.63) is 69.1 Å². The number of rotatable bonds is 5. The van der Waals surface area contributed by atoms with Gasteiger partial charge in [-0.15, -0.1) is 0 Å². The van der Waals surface area contributed by atoms with Crippen LogP contribution in [0.15, 0.2) is 41.5 Å². The number of hydrogen-bond donors (Lipinski definition) is 2. The largest absolute Gasteiger partial charge is 0.371 e. The Morgan fingerprint density at radius 3 is 2.42 bits per heavy atom. The summed E-state index contributed by atoms with van der Waals surface area (Å²) in [6, 6.07) is 7.96. The number of aromatic nitrogens is 1. The monoisotopic (exact) mass is 425 g/mol. The number of nitrogens with one attached hydrogen (secondary N) is 2. The third-order valence-electron chi connectivity index (χ3n) is 5.16. The molecule has 2 amide bonds. The minimum atomic E-state index is -0.582. The Labute approximate surface area is 182 Å². The lowest BCUT2D eigenvalue weighted by molar-refractivity contribution is 0.0411. The molecule has 1 atom stereocenters. The Morgan fingerprint density at radius 2 is 1.77 bits per heavy atom. The number of nitrogens with zero attached hydrogens (tertiary/aromatic N) is 1. The maximum absolute atomic E-state index is 13.0. The molecule has 7 nitrogen and oxygen atoms in total. The van der Waals surface area contributed by atoms with Crippen molar-refractivity contribution in [1.82, 2.24) is 15.2 Å². The smallest absolute Gasteiger partial charge is 0.257 e. The number of amides is 2. The molecule has 1 aliphatic rings. The van der Waals surface area contributed by atoms with E-state index in [1.165, 1.54) is 18.0 Å². The summed E-state index contributed by atoms with van der Waals surface area (Å²) >= 11 is 0. The molecule has 2 heterocycles. The zero-order chi connectivity index (χ0) is 22.8. The van der Waals surface area contributed by atoms with Gasteiger partial charge in [0, 0.05) is 30.5 Å². The molecular formula is C24H31N3O4. The van der Waals surface area contributed by atoms with Gasteiger partial charge in [-0.25, -0.2) is 0 Å². The molecule has 0 radical (unpaired) electrons. The summed E-state index contributed by atoms with van der Waals surface area (Å²) in [5.74, 6) is -1.01. The highest BCUT2D eigenvalue weighted by Crippen LogP contribution is 2.26. The van der Waals surface area contributed by atoms with Crippen LogP contribution in [0.5, 0.6) is 0 Å². The molecule has 0 saturated carbocycles. The van der Waals surface area contributed by atoms with E-state index in [1.54, 1.807) is 4.57 Å². The van der Waals surface area contributed by atoms with Crippen molar-refractivity contribution in [3.8, 4) is 0 Å². The summed E-state index contributed by atoms with van der Waals surface area (Å²) in [4.78, 5) is 38.6. The molecular weight excluding hydrogens is 394 g/mol. The Balaban J connectivity index is 1.85. The van der Waals surface area contributed by atoms with Gasteiger partial charge in [0.2, 0.25) is 5.43 Å². The predicted molar refractivity (Wildman–Crippen MR) is 119 cm³/mol. The zero-order valence-electron chi connectivity index (χ0n) is 18.8. The summed E-state index contributed by atoms with van der Waals surface area (Å²) in [7, 11) is 0. The number of pyridine rings is 1. The van der Waals surface area contributed by atoms with Crippen LogP contribution in [0.3, 0.4) is 0 Å². The SMILES string of the molecule is CC(C)n1cc(C(=O)NCC2OCCc3ccccc32)c(=O)c(C(=O)NC(C)(C)C)c1. The van der Waals surface area contributed by atoms with Gasteiger partial charge in [0.05, 0.1) is 6.61 Å². The highest BCUT2D eigenvalue weighted by molar-refractivity contribution is 5.99. The van der Waals surface area contributed by atoms with Crippen LogP contribution in [-0.4, -0.2) is 35.1 Å². The Bertz CT molecular complexity index is 1030. The lowest BCUT2D eigenvalue weighted by atomic mass is 9.97. The van der Waals surface area contributed by atoms with Crippen LogP contribution in [-0.2, 0) is 11.2 Å². The number of fused-ring (bicyclic) bond motifs is 1. The first kappa shape index (κ1) is 22.7. The number of benzene rings is 1. The third-order valence-corrected chi connectivity index (χ3v) is 5.16. The Hall–Kier alpha value is -2.93. The van der Waals surface area contributed by atoms with Crippen molar-refractivity contribution < 1.29 is 14.3 Å². The lowest BCUT2D eigenvalue weighted by Crippen LogP contribution is -2.43. The van der Waals surface area contributed by atoms with E-state index < -0.39 is 22.8 Å². The highest BCUT2D eigenvalue weighted by atomic mass is 16.5. The fourth-order valence-corrected chi connectivity index (χ4v) is 3.55. The van der Waals surface area contributed by atoms with Crippen molar-refractivity contribution in [2.75, 3.05) is 13.2 Å². The first-order valence-corrected chi connectivity index (χ1v) is 10.6. The molecule has 2 N–H and O–H groups in total. The molecule has 0 spiro atoms. The maximum Gasteiger partial charge on any atom is 0.257 e. The molecule has 2 aromatic rings. The summed E-state index contributed by atoms with van der Waals surface area (Å²) in [6.07, 6.45) is 3.58. The predicted octanol–water partition coefficient (Wildman–Crippen LogP) is 3.00. The molecule has 0 bridgehead atoms. The van der Waals surface area contributed by atoms with Gasteiger partial charge in [-0.1, -0.05) is 24.3 Å². The van der Waals surface area contributed by atoms with Crippen LogP contribution in [0.1, 0.15) is 78.6 Å². The van der Waals surface area contributed by atoms with Crippen molar-refractivity contribution in [1.29, 1.82) is 0 Å². The fourth-order valence-electron chi connectivity index (χ4n) is 3.55. The van der Waals surface area contributed by atoms with Crippen LogP contribution in [0.2, 0.25) is 0 Å². The van der Waals surface area contributed by atoms with Crippen LogP contribution in [0.25, 0.3) is 0 Å². The zero-order valence-corrected chi connectivity index (χ0v) is 18.8. The first-order chi connectivity index (χ1) is 14.6. The molecule has 166 valence electrons. The summed E-state index contributed by atoms with van der Waals surface area (Å²) in [6.45, 7) is 10.2. The molecule has 1 aromatic heterocycles. The summed E-state index contributed by atoms with van der Waals surface area (Å²) in [5.41, 5.74) is 1.06. The first-order valence-electron chi connectivity index (χ1n) is 10.6. The number of carbonyl (C=O) groups excluding carboxylic acids is 2. The lowest BCUT2D eigenvalue weighted by Gasteiger charge is -2.26. The number of ether oxygens (including phenoxy) is 1. The van der Waals surface area contributed by atoms with Gasteiger partial charge in [0.25, 0.3) is 11.8 Å². The standard InChI is InChI=1S/C24H31N3O4/c1-15(2)27-13-18(21(28)19(14-27)23(30)26-24(3,4)5)22(29)25-12-20-17-9-7-6-8-16(17)10-11-31-20/h6-9,13-15,20H,10-12H2,1-5H3,(H,25,29)(H,26,30). The third kappa shape index (κ3) is 5.41. The normalized spacial score (nSPS) is 16.0. The molecule has 31 heavy (non-hydrogen) atoms. The molecule has 1 aromatic carbocycles. The Kier molecular flexibility index (Phi) is 6.65. The van der Waals surface area contributed by atoms with E-state index in [-0.39, 0.29) is 29.8 Å². The van der Waals surface area contributed by atoms with E-state index in [4.69, 9.17) is 4.74 Å². The topological polar surface area (TPSA) is 89.4 Å². The van der Waals surface area contributed by atoms with Gasteiger partial charge in [0.15, 0.2) is 0 Å². The molecule has 1 unspecified atom stereocenters. The second-order valence-corrected chi connectivity index (χ2v) is 9.18. The van der Waals surface area contributed by atoms with Crippen molar-refractivity contribution >= 4 is 11.8 Å². The Morgan fingerprint density at radius 1 is 1.13 bits per heavy atom. The van der Waals surface area contributed by atoms with E-state index in [1.807, 2.05) is 52.8 Å². The van der Waals surface area contributed by atoms with Crippen LogP contribution < -0.4 is 16.1 Å². The second kappa shape index (κ2) is 9.06. The molecule has 1 aliphatic heterocycles. The van der Waals surface area contributed by atoms with Gasteiger partial charge in [-0.3, -0.25) is 14.4 Å². The number of hydrogen-bond acceptors (Lipinski definition) is 4. The molecule has 7 heteroatoms. The van der Waals surface area contributed by atoms with Gasteiger partial charge in [0.1, 0.15) is 17.2 Å². The van der Waals surface area contributed by atoms with E-state index in [0.29, 0.717) is 6.61 Å². The van der Waals surface area contributed by atoms with Crippen LogP contribution in [0.4, 0.5) is 0 Å². The van der Waals surface area contributed by atoms with Gasteiger partial charge < -0.3 is 19.9 Å². The minimum Gasteiger partial charge on any atom is -0.371 e. The second-order valence-electron chi connectivity index (χ2n) is 9.18. The van der Waals surface area contributed by atoms with Crippen molar-refractivity contribution in [3.63, 3.8) is 0 Å². The average Bonchev–Trinajstić information content (AvgIpc) is 2.70. The molecule has 0 fully saturated rings.